The van der Waals surface area contributed by atoms with Crippen molar-refractivity contribution in [1.82, 2.24) is 4.72 Å². The number of alkyl halides is 3. The number of para-hydroxylation sites is 1. The van der Waals surface area contributed by atoms with E-state index in [4.69, 9.17) is 11.6 Å². The molecule has 0 spiro atoms. The fourth-order valence-electron chi connectivity index (χ4n) is 1.86. The number of halogens is 4. The largest absolute Gasteiger partial charge is 0.417 e. The molecule has 0 aromatic heterocycles. The zero-order valence-corrected chi connectivity index (χ0v) is 14.0. The number of hydrogen-bond acceptors (Lipinski definition) is 3. The highest BCUT2D eigenvalue weighted by Crippen LogP contribution is 2.35. The van der Waals surface area contributed by atoms with Crippen molar-refractivity contribution in [3.05, 3.63) is 59.1 Å². The quantitative estimate of drug-likeness (QED) is 0.820. The first-order valence-electron chi connectivity index (χ1n) is 6.81. The standard InChI is InChI=1S/C15H12ClF3N2O3S/c16-13-7-6-11(8-12(13)15(17,18)19)25(23,24)20-9-14(22)21-10-4-2-1-3-5-10/h1-8,20H,9H2,(H,21,22). The van der Waals surface area contributed by atoms with Gasteiger partial charge in [-0.15, -0.1) is 0 Å². The Bertz CT molecular complexity index is 871. The zero-order valence-electron chi connectivity index (χ0n) is 12.5. The van der Waals surface area contributed by atoms with Crippen molar-refractivity contribution in [2.45, 2.75) is 11.1 Å². The van der Waals surface area contributed by atoms with Crippen molar-refractivity contribution < 1.29 is 26.4 Å². The maximum absolute atomic E-state index is 12.8. The predicted molar refractivity (Wildman–Crippen MR) is 86.7 cm³/mol. The number of anilines is 1. The van der Waals surface area contributed by atoms with Crippen LogP contribution >= 0.6 is 11.6 Å². The first-order valence-corrected chi connectivity index (χ1v) is 8.67. The van der Waals surface area contributed by atoms with E-state index in [1.807, 2.05) is 4.72 Å². The van der Waals surface area contributed by atoms with Gasteiger partial charge in [0.15, 0.2) is 0 Å². The van der Waals surface area contributed by atoms with Crippen LogP contribution in [-0.2, 0) is 21.0 Å². The molecule has 0 fully saturated rings. The molecule has 134 valence electrons. The van der Waals surface area contributed by atoms with Crippen molar-refractivity contribution in [1.29, 1.82) is 0 Å². The molecule has 0 saturated carbocycles. The summed E-state index contributed by atoms with van der Waals surface area (Å²) >= 11 is 5.45. The van der Waals surface area contributed by atoms with Crippen LogP contribution in [0.15, 0.2) is 53.4 Å². The zero-order chi connectivity index (χ0) is 18.7. The maximum Gasteiger partial charge on any atom is 0.417 e. The number of hydrogen-bond donors (Lipinski definition) is 2. The SMILES string of the molecule is O=C(CNS(=O)(=O)c1ccc(Cl)c(C(F)(F)F)c1)Nc1ccccc1. The molecular weight excluding hydrogens is 381 g/mol. The highest BCUT2D eigenvalue weighted by molar-refractivity contribution is 7.89. The molecule has 0 aliphatic rings. The molecule has 5 nitrogen and oxygen atoms in total. The van der Waals surface area contributed by atoms with Crippen LogP contribution in [-0.4, -0.2) is 20.9 Å². The van der Waals surface area contributed by atoms with Crippen LogP contribution in [0.4, 0.5) is 18.9 Å². The predicted octanol–water partition coefficient (Wildman–Crippen LogP) is 3.28. The molecule has 0 atom stereocenters. The second-order valence-electron chi connectivity index (χ2n) is 4.88. The van der Waals surface area contributed by atoms with Crippen molar-refractivity contribution in [3.63, 3.8) is 0 Å². The number of rotatable bonds is 5. The molecule has 2 aromatic rings. The fraction of sp³-hybridized carbons (Fsp3) is 0.133. The van der Waals surface area contributed by atoms with E-state index >= 15 is 0 Å². The highest BCUT2D eigenvalue weighted by atomic mass is 35.5. The summed E-state index contributed by atoms with van der Waals surface area (Å²) < 4.78 is 64.5. The third-order valence-electron chi connectivity index (χ3n) is 3.03. The van der Waals surface area contributed by atoms with Gasteiger partial charge in [-0.2, -0.15) is 13.2 Å². The summed E-state index contributed by atoms with van der Waals surface area (Å²) in [4.78, 5) is 11.1. The van der Waals surface area contributed by atoms with Crippen LogP contribution in [0.2, 0.25) is 5.02 Å². The normalized spacial score (nSPS) is 12.0. The Kier molecular flexibility index (Phi) is 5.71. The molecule has 0 bridgehead atoms. The number of sulfonamides is 1. The fourth-order valence-corrected chi connectivity index (χ4v) is 3.09. The maximum atomic E-state index is 12.8. The van der Waals surface area contributed by atoms with Gasteiger partial charge < -0.3 is 5.32 Å². The molecule has 0 aliphatic carbocycles. The lowest BCUT2D eigenvalue weighted by molar-refractivity contribution is -0.137. The van der Waals surface area contributed by atoms with Crippen LogP contribution in [0, 0.1) is 0 Å². The molecular formula is C15H12ClF3N2O3S. The second-order valence-corrected chi connectivity index (χ2v) is 7.05. The van der Waals surface area contributed by atoms with Gasteiger partial charge >= 0.3 is 6.18 Å². The Hall–Kier alpha value is -2.10. The Morgan fingerprint density at radius 2 is 1.72 bits per heavy atom. The van der Waals surface area contributed by atoms with E-state index in [9.17, 15) is 26.4 Å². The lowest BCUT2D eigenvalue weighted by atomic mass is 10.2. The summed E-state index contributed by atoms with van der Waals surface area (Å²) in [6, 6.07) is 10.5. The monoisotopic (exact) mass is 392 g/mol. The Balaban J connectivity index is 2.10. The van der Waals surface area contributed by atoms with Crippen LogP contribution in [0.25, 0.3) is 0 Å². The molecule has 1 amide bonds. The molecule has 2 aromatic carbocycles. The summed E-state index contributed by atoms with van der Waals surface area (Å²) in [5, 5.41) is 1.83. The molecule has 0 heterocycles. The highest BCUT2D eigenvalue weighted by Gasteiger charge is 2.34. The van der Waals surface area contributed by atoms with Gasteiger partial charge in [0, 0.05) is 5.69 Å². The van der Waals surface area contributed by atoms with E-state index in [2.05, 4.69) is 5.32 Å². The van der Waals surface area contributed by atoms with Gasteiger partial charge in [0.2, 0.25) is 15.9 Å². The topological polar surface area (TPSA) is 75.3 Å². The van der Waals surface area contributed by atoms with Gasteiger partial charge in [0.25, 0.3) is 0 Å². The van der Waals surface area contributed by atoms with Crippen molar-refractivity contribution in [3.8, 4) is 0 Å². The average molecular weight is 393 g/mol. The van der Waals surface area contributed by atoms with Crippen molar-refractivity contribution >= 4 is 33.2 Å². The first-order chi connectivity index (χ1) is 11.6. The van der Waals surface area contributed by atoms with Gasteiger partial charge in [-0.3, -0.25) is 4.79 Å². The lowest BCUT2D eigenvalue weighted by Crippen LogP contribution is -2.33. The van der Waals surface area contributed by atoms with E-state index in [0.29, 0.717) is 11.8 Å². The van der Waals surface area contributed by atoms with Crippen LogP contribution in [0.1, 0.15) is 5.56 Å². The third-order valence-corrected chi connectivity index (χ3v) is 4.76. The molecule has 2 rings (SSSR count). The van der Waals surface area contributed by atoms with E-state index in [-0.39, 0.29) is 0 Å². The number of benzene rings is 2. The van der Waals surface area contributed by atoms with Gasteiger partial charge in [-0.1, -0.05) is 29.8 Å². The number of carbonyl (C=O) groups excluding carboxylic acids is 1. The molecule has 25 heavy (non-hydrogen) atoms. The number of amides is 1. The van der Waals surface area contributed by atoms with Crippen LogP contribution in [0.3, 0.4) is 0 Å². The minimum Gasteiger partial charge on any atom is -0.325 e. The van der Waals surface area contributed by atoms with E-state index < -0.39 is 44.1 Å². The third kappa shape index (κ3) is 5.18. The van der Waals surface area contributed by atoms with Gasteiger partial charge in [0.05, 0.1) is 22.0 Å². The number of nitrogens with one attached hydrogen (secondary N) is 2. The molecule has 2 N–H and O–H groups in total. The molecule has 0 aliphatic heterocycles. The summed E-state index contributed by atoms with van der Waals surface area (Å²) in [5.74, 6) is -0.667. The molecule has 0 saturated heterocycles. The molecule has 10 heteroatoms. The summed E-state index contributed by atoms with van der Waals surface area (Å²) in [6.45, 7) is -0.638. The molecule has 0 radical (unpaired) electrons. The molecule has 0 unspecified atom stereocenters. The first kappa shape index (κ1) is 19.2. The van der Waals surface area contributed by atoms with Crippen LogP contribution < -0.4 is 10.0 Å². The van der Waals surface area contributed by atoms with Crippen molar-refractivity contribution in [2.24, 2.45) is 0 Å². The summed E-state index contributed by atoms with van der Waals surface area (Å²) in [7, 11) is -4.32. The number of carbonyl (C=O) groups is 1. The smallest absolute Gasteiger partial charge is 0.325 e. The van der Waals surface area contributed by atoms with E-state index in [0.717, 1.165) is 12.1 Å². The van der Waals surface area contributed by atoms with E-state index in [1.165, 1.54) is 0 Å². The van der Waals surface area contributed by atoms with Crippen molar-refractivity contribution in [2.75, 3.05) is 11.9 Å². The van der Waals surface area contributed by atoms with Crippen LogP contribution in [0.5, 0.6) is 0 Å². The van der Waals surface area contributed by atoms with Gasteiger partial charge in [-0.05, 0) is 30.3 Å². The second kappa shape index (κ2) is 7.42. The Labute approximate surface area is 146 Å². The van der Waals surface area contributed by atoms with Gasteiger partial charge in [-0.25, -0.2) is 13.1 Å². The lowest BCUT2D eigenvalue weighted by Gasteiger charge is -2.12. The summed E-state index contributed by atoms with van der Waals surface area (Å²) in [6.07, 6.45) is -4.80. The van der Waals surface area contributed by atoms with E-state index in [1.54, 1.807) is 30.3 Å². The Morgan fingerprint density at radius 1 is 1.08 bits per heavy atom. The van der Waals surface area contributed by atoms with Gasteiger partial charge in [0.1, 0.15) is 0 Å². The average Bonchev–Trinajstić information content (AvgIpc) is 2.53. The summed E-state index contributed by atoms with van der Waals surface area (Å²) in [5.41, 5.74) is -0.816. The minimum absolute atomic E-state index is 0.416. The minimum atomic E-state index is -4.80. The Morgan fingerprint density at radius 3 is 2.32 bits per heavy atom.